The number of hydrogen-bond acceptors (Lipinski definition) is 6. The maximum absolute atomic E-state index is 11.9. The van der Waals surface area contributed by atoms with Crippen molar-refractivity contribution in [3.63, 3.8) is 0 Å². The number of carbonyl (C=O) groups excluding carboxylic acids is 1. The summed E-state index contributed by atoms with van der Waals surface area (Å²) in [5, 5.41) is 6.74. The number of ether oxygens (including phenoxy) is 2. The number of rotatable bonds is 9. The average Bonchev–Trinajstić information content (AvgIpc) is 3.20. The van der Waals surface area contributed by atoms with Gasteiger partial charge in [0.1, 0.15) is 18.1 Å². The van der Waals surface area contributed by atoms with Crippen molar-refractivity contribution >= 4 is 5.91 Å². The largest absolute Gasteiger partial charge is 0.497 e. The van der Waals surface area contributed by atoms with Crippen molar-refractivity contribution < 1.29 is 18.8 Å². The number of hydrogen-bond donors (Lipinski definition) is 1. The molecule has 3 rings (SSSR count). The Labute approximate surface area is 157 Å². The molecule has 27 heavy (non-hydrogen) atoms. The monoisotopic (exact) mass is 367 g/mol. The highest BCUT2D eigenvalue weighted by Gasteiger charge is 2.10. The van der Waals surface area contributed by atoms with Crippen LogP contribution in [0.1, 0.15) is 12.3 Å². The Kier molecular flexibility index (Phi) is 6.40. The molecular formula is C20H21N3O4. The van der Waals surface area contributed by atoms with E-state index in [4.69, 9.17) is 14.0 Å². The average molecular weight is 367 g/mol. The molecule has 7 nitrogen and oxygen atoms in total. The van der Waals surface area contributed by atoms with E-state index in [1.54, 1.807) is 7.11 Å². The van der Waals surface area contributed by atoms with Crippen LogP contribution in [-0.2, 0) is 11.2 Å². The maximum atomic E-state index is 11.9. The lowest BCUT2D eigenvalue weighted by Crippen LogP contribution is -2.28. The summed E-state index contributed by atoms with van der Waals surface area (Å²) < 4.78 is 15.8. The molecule has 0 spiro atoms. The van der Waals surface area contributed by atoms with Crippen LogP contribution in [0.5, 0.6) is 11.5 Å². The number of nitrogens with zero attached hydrogens (tertiary/aromatic N) is 2. The van der Waals surface area contributed by atoms with Gasteiger partial charge in [0.25, 0.3) is 0 Å². The van der Waals surface area contributed by atoms with E-state index < -0.39 is 0 Å². The van der Waals surface area contributed by atoms with Crippen LogP contribution in [0.2, 0.25) is 0 Å². The first-order valence-corrected chi connectivity index (χ1v) is 8.66. The summed E-state index contributed by atoms with van der Waals surface area (Å²) in [5.41, 5.74) is 0.882. The highest BCUT2D eigenvalue weighted by molar-refractivity contribution is 5.76. The van der Waals surface area contributed by atoms with Gasteiger partial charge in [0, 0.05) is 18.4 Å². The second kappa shape index (κ2) is 9.38. The van der Waals surface area contributed by atoms with Crippen molar-refractivity contribution in [3.8, 4) is 22.9 Å². The molecule has 0 aliphatic rings. The zero-order valence-corrected chi connectivity index (χ0v) is 15.1. The third kappa shape index (κ3) is 5.57. The van der Waals surface area contributed by atoms with E-state index in [2.05, 4.69) is 15.5 Å². The third-order valence-corrected chi connectivity index (χ3v) is 3.82. The highest BCUT2D eigenvalue weighted by atomic mass is 16.5. The number of carbonyl (C=O) groups is 1. The quantitative estimate of drug-likeness (QED) is 0.585. The lowest BCUT2D eigenvalue weighted by atomic mass is 10.2. The van der Waals surface area contributed by atoms with Gasteiger partial charge in [0.2, 0.25) is 17.6 Å². The normalized spacial score (nSPS) is 10.4. The summed E-state index contributed by atoms with van der Waals surface area (Å²) in [6.07, 6.45) is 0.671. The first-order valence-electron chi connectivity index (χ1n) is 8.66. The molecule has 7 heteroatoms. The molecule has 0 saturated carbocycles. The molecule has 0 atom stereocenters. The van der Waals surface area contributed by atoms with Crippen molar-refractivity contribution in [2.75, 3.05) is 20.3 Å². The molecule has 0 radical (unpaired) electrons. The number of nitrogens with one attached hydrogen (secondary N) is 1. The first-order chi connectivity index (χ1) is 13.2. The lowest BCUT2D eigenvalue weighted by molar-refractivity contribution is -0.121. The lowest BCUT2D eigenvalue weighted by Gasteiger charge is -2.08. The van der Waals surface area contributed by atoms with Gasteiger partial charge in [-0.3, -0.25) is 4.79 Å². The summed E-state index contributed by atoms with van der Waals surface area (Å²) in [4.78, 5) is 16.2. The van der Waals surface area contributed by atoms with Crippen molar-refractivity contribution in [2.24, 2.45) is 0 Å². The maximum Gasteiger partial charge on any atom is 0.227 e. The topological polar surface area (TPSA) is 86.5 Å². The van der Waals surface area contributed by atoms with Crippen molar-refractivity contribution in [1.82, 2.24) is 15.5 Å². The molecule has 0 saturated heterocycles. The zero-order chi connectivity index (χ0) is 18.9. The van der Waals surface area contributed by atoms with Crippen LogP contribution < -0.4 is 14.8 Å². The molecule has 0 aliphatic carbocycles. The second-order valence-corrected chi connectivity index (χ2v) is 5.75. The van der Waals surface area contributed by atoms with Crippen LogP contribution in [-0.4, -0.2) is 36.3 Å². The van der Waals surface area contributed by atoms with E-state index in [0.717, 1.165) is 17.1 Å². The number of methoxy groups -OCH3 is 1. The van der Waals surface area contributed by atoms with E-state index >= 15 is 0 Å². The summed E-state index contributed by atoms with van der Waals surface area (Å²) in [6, 6.07) is 16.8. The molecule has 1 N–H and O–H groups in total. The molecule has 2 aromatic carbocycles. The standard InChI is InChI=1S/C20H21N3O4/c1-25-16-7-9-17(10-8-16)26-14-13-21-18(24)11-12-19-22-20(23-27-19)15-5-3-2-4-6-15/h2-10H,11-14H2,1H3,(H,21,24). The minimum Gasteiger partial charge on any atom is -0.497 e. The van der Waals surface area contributed by atoms with Gasteiger partial charge in [-0.2, -0.15) is 4.98 Å². The zero-order valence-electron chi connectivity index (χ0n) is 15.1. The smallest absolute Gasteiger partial charge is 0.227 e. The van der Waals surface area contributed by atoms with Gasteiger partial charge in [-0.15, -0.1) is 0 Å². The second-order valence-electron chi connectivity index (χ2n) is 5.75. The predicted molar refractivity (Wildman–Crippen MR) is 99.6 cm³/mol. The molecule has 0 aliphatic heterocycles. The van der Waals surface area contributed by atoms with E-state index in [-0.39, 0.29) is 12.3 Å². The minimum atomic E-state index is -0.0900. The molecule has 1 aromatic heterocycles. The first kappa shape index (κ1) is 18.4. The van der Waals surface area contributed by atoms with Crippen LogP contribution in [0.4, 0.5) is 0 Å². The number of benzene rings is 2. The number of aromatic nitrogens is 2. The Morgan fingerprint density at radius 3 is 2.56 bits per heavy atom. The SMILES string of the molecule is COc1ccc(OCCNC(=O)CCc2nc(-c3ccccc3)no2)cc1. The number of aryl methyl sites for hydroxylation is 1. The third-order valence-electron chi connectivity index (χ3n) is 3.82. The Bertz CT molecular complexity index is 847. The molecule has 0 unspecified atom stereocenters. The van der Waals surface area contributed by atoms with Gasteiger partial charge in [-0.25, -0.2) is 0 Å². The fourth-order valence-electron chi connectivity index (χ4n) is 2.40. The van der Waals surface area contributed by atoms with E-state index in [9.17, 15) is 4.79 Å². The molecule has 140 valence electrons. The van der Waals surface area contributed by atoms with Crippen LogP contribution in [0.15, 0.2) is 59.1 Å². The van der Waals surface area contributed by atoms with E-state index in [0.29, 0.717) is 31.3 Å². The van der Waals surface area contributed by atoms with Crippen molar-refractivity contribution in [3.05, 3.63) is 60.5 Å². The van der Waals surface area contributed by atoms with Gasteiger partial charge in [0.05, 0.1) is 13.7 Å². The molecule has 0 bridgehead atoms. The summed E-state index contributed by atoms with van der Waals surface area (Å²) >= 11 is 0. The fourth-order valence-corrected chi connectivity index (χ4v) is 2.40. The van der Waals surface area contributed by atoms with E-state index in [1.807, 2.05) is 54.6 Å². The van der Waals surface area contributed by atoms with Gasteiger partial charge >= 0.3 is 0 Å². The summed E-state index contributed by atoms with van der Waals surface area (Å²) in [5.74, 6) is 2.38. The van der Waals surface area contributed by atoms with Gasteiger partial charge in [-0.1, -0.05) is 35.5 Å². The van der Waals surface area contributed by atoms with Gasteiger partial charge < -0.3 is 19.3 Å². The molecular weight excluding hydrogens is 346 g/mol. The van der Waals surface area contributed by atoms with Gasteiger partial charge in [0.15, 0.2) is 0 Å². The van der Waals surface area contributed by atoms with Gasteiger partial charge in [-0.05, 0) is 24.3 Å². The van der Waals surface area contributed by atoms with Crippen LogP contribution >= 0.6 is 0 Å². The molecule has 1 amide bonds. The van der Waals surface area contributed by atoms with E-state index in [1.165, 1.54) is 0 Å². The molecule has 3 aromatic rings. The van der Waals surface area contributed by atoms with Crippen LogP contribution in [0.3, 0.4) is 0 Å². The molecule has 1 heterocycles. The fraction of sp³-hybridized carbons (Fsp3) is 0.250. The Morgan fingerprint density at radius 1 is 1.07 bits per heavy atom. The van der Waals surface area contributed by atoms with Crippen molar-refractivity contribution in [2.45, 2.75) is 12.8 Å². The van der Waals surface area contributed by atoms with Crippen LogP contribution in [0.25, 0.3) is 11.4 Å². The summed E-state index contributed by atoms with van der Waals surface area (Å²) in [6.45, 7) is 0.806. The Balaban J connectivity index is 1.35. The summed E-state index contributed by atoms with van der Waals surface area (Å²) in [7, 11) is 1.61. The highest BCUT2D eigenvalue weighted by Crippen LogP contribution is 2.17. The van der Waals surface area contributed by atoms with Crippen LogP contribution in [0, 0.1) is 0 Å². The minimum absolute atomic E-state index is 0.0900. The van der Waals surface area contributed by atoms with Crippen molar-refractivity contribution in [1.29, 1.82) is 0 Å². The Morgan fingerprint density at radius 2 is 1.81 bits per heavy atom. The molecule has 0 fully saturated rings. The number of amides is 1. The predicted octanol–water partition coefficient (Wildman–Crippen LogP) is 2.87. The Hall–Kier alpha value is -3.35.